The molecule has 17 heavy (non-hydrogen) atoms. The number of fused-ring (bicyclic) bond motifs is 1. The Morgan fingerprint density at radius 1 is 1.29 bits per heavy atom. The molecule has 2 rings (SSSR count). The number of hydrogen-bond acceptors (Lipinski definition) is 2. The lowest BCUT2D eigenvalue weighted by Crippen LogP contribution is -2.38. The van der Waals surface area contributed by atoms with Crippen molar-refractivity contribution in [1.29, 1.82) is 0 Å². The number of nitrogen functional groups attached to an aromatic ring is 1. The van der Waals surface area contributed by atoms with E-state index in [9.17, 15) is 13.2 Å². The molecule has 0 spiro atoms. The van der Waals surface area contributed by atoms with Gasteiger partial charge in [-0.25, -0.2) is 0 Å². The summed E-state index contributed by atoms with van der Waals surface area (Å²) in [7, 11) is 0. The normalized spacial score (nSPS) is 16.9. The van der Waals surface area contributed by atoms with E-state index in [4.69, 9.17) is 5.73 Å². The van der Waals surface area contributed by atoms with Gasteiger partial charge in [-0.1, -0.05) is 6.07 Å². The summed E-state index contributed by atoms with van der Waals surface area (Å²) in [5, 5.41) is 0. The average Bonchev–Trinajstić information content (AvgIpc) is 2.18. The zero-order valence-electron chi connectivity index (χ0n) is 9.64. The van der Waals surface area contributed by atoms with Crippen molar-refractivity contribution in [2.45, 2.75) is 26.1 Å². The number of rotatable bonds is 1. The van der Waals surface area contributed by atoms with E-state index in [0.717, 1.165) is 16.7 Å². The number of nitrogens with two attached hydrogens (primary N) is 1. The predicted octanol–water partition coefficient (Wildman–Crippen LogP) is 2.50. The Balaban J connectivity index is 2.16. The zero-order valence-corrected chi connectivity index (χ0v) is 9.64. The topological polar surface area (TPSA) is 29.3 Å². The van der Waals surface area contributed by atoms with Crippen molar-refractivity contribution in [2.24, 2.45) is 0 Å². The van der Waals surface area contributed by atoms with Crippen LogP contribution in [0.15, 0.2) is 12.1 Å². The van der Waals surface area contributed by atoms with Crippen molar-refractivity contribution in [3.8, 4) is 0 Å². The van der Waals surface area contributed by atoms with Gasteiger partial charge in [-0.15, -0.1) is 0 Å². The fourth-order valence-electron chi connectivity index (χ4n) is 2.20. The number of alkyl halides is 3. The summed E-state index contributed by atoms with van der Waals surface area (Å²) >= 11 is 0. The standard InChI is InChI=1S/C12H15F3N2/c1-8-4-10-6-17(7-12(13,14)15)3-2-9(10)5-11(8)16/h4-5H,2-3,6-7,16H2,1H3. The van der Waals surface area contributed by atoms with Crippen LogP contribution in [0.1, 0.15) is 16.7 Å². The lowest BCUT2D eigenvalue weighted by molar-refractivity contribution is -0.147. The van der Waals surface area contributed by atoms with Crippen molar-refractivity contribution in [3.63, 3.8) is 0 Å². The van der Waals surface area contributed by atoms with Crippen molar-refractivity contribution in [3.05, 3.63) is 28.8 Å². The molecule has 0 aliphatic carbocycles. The van der Waals surface area contributed by atoms with Gasteiger partial charge in [0.15, 0.2) is 0 Å². The Kier molecular flexibility index (Phi) is 3.03. The van der Waals surface area contributed by atoms with Gasteiger partial charge in [-0.05, 0) is 36.1 Å². The molecule has 0 radical (unpaired) electrons. The van der Waals surface area contributed by atoms with Crippen molar-refractivity contribution >= 4 is 5.69 Å². The highest BCUT2D eigenvalue weighted by Gasteiger charge is 2.32. The molecule has 2 nitrogen and oxygen atoms in total. The zero-order chi connectivity index (χ0) is 12.6. The van der Waals surface area contributed by atoms with Crippen molar-refractivity contribution in [1.82, 2.24) is 4.90 Å². The van der Waals surface area contributed by atoms with E-state index >= 15 is 0 Å². The van der Waals surface area contributed by atoms with Gasteiger partial charge >= 0.3 is 6.18 Å². The second-order valence-electron chi connectivity index (χ2n) is 4.55. The van der Waals surface area contributed by atoms with Crippen molar-refractivity contribution in [2.75, 3.05) is 18.8 Å². The maximum atomic E-state index is 12.3. The van der Waals surface area contributed by atoms with Gasteiger partial charge in [0, 0.05) is 18.8 Å². The molecule has 94 valence electrons. The van der Waals surface area contributed by atoms with Crippen LogP contribution in [0.4, 0.5) is 18.9 Å². The van der Waals surface area contributed by atoms with Gasteiger partial charge in [0.2, 0.25) is 0 Å². The molecule has 5 heteroatoms. The molecule has 0 atom stereocenters. The minimum Gasteiger partial charge on any atom is -0.399 e. The van der Waals surface area contributed by atoms with Gasteiger partial charge in [-0.3, -0.25) is 4.90 Å². The van der Waals surface area contributed by atoms with Crippen LogP contribution in [-0.4, -0.2) is 24.2 Å². The smallest absolute Gasteiger partial charge is 0.399 e. The summed E-state index contributed by atoms with van der Waals surface area (Å²) in [6.45, 7) is 1.83. The molecule has 0 saturated carbocycles. The van der Waals surface area contributed by atoms with Gasteiger partial charge in [-0.2, -0.15) is 13.2 Å². The second-order valence-corrected chi connectivity index (χ2v) is 4.55. The minimum absolute atomic E-state index is 0.357. The highest BCUT2D eigenvalue weighted by molar-refractivity contribution is 5.52. The fraction of sp³-hybridized carbons (Fsp3) is 0.500. The number of aryl methyl sites for hydroxylation is 1. The van der Waals surface area contributed by atoms with E-state index < -0.39 is 12.7 Å². The van der Waals surface area contributed by atoms with Crippen LogP contribution in [0.3, 0.4) is 0 Å². The summed E-state index contributed by atoms with van der Waals surface area (Å²) in [4.78, 5) is 1.43. The second kappa shape index (κ2) is 4.22. The molecule has 2 N–H and O–H groups in total. The number of anilines is 1. The molecule has 0 aromatic heterocycles. The first-order chi connectivity index (χ1) is 7.85. The lowest BCUT2D eigenvalue weighted by atomic mass is 9.96. The third-order valence-electron chi connectivity index (χ3n) is 3.08. The molecular formula is C12H15F3N2. The van der Waals surface area contributed by atoms with E-state index in [2.05, 4.69) is 0 Å². The van der Waals surface area contributed by atoms with Gasteiger partial charge in [0.05, 0.1) is 6.54 Å². The van der Waals surface area contributed by atoms with Gasteiger partial charge < -0.3 is 5.73 Å². The first-order valence-electron chi connectivity index (χ1n) is 5.52. The van der Waals surface area contributed by atoms with Crippen LogP contribution in [-0.2, 0) is 13.0 Å². The fourth-order valence-corrected chi connectivity index (χ4v) is 2.20. The molecule has 0 unspecified atom stereocenters. The molecule has 1 heterocycles. The number of nitrogens with zero attached hydrogens (tertiary/aromatic N) is 1. The number of hydrogen-bond donors (Lipinski definition) is 1. The molecule has 0 saturated heterocycles. The van der Waals surface area contributed by atoms with Crippen LogP contribution in [0.2, 0.25) is 0 Å². The largest absolute Gasteiger partial charge is 0.401 e. The molecule has 0 fully saturated rings. The Hall–Kier alpha value is -1.23. The van der Waals surface area contributed by atoms with Crippen LogP contribution < -0.4 is 5.73 Å². The molecule has 0 bridgehead atoms. The number of halogens is 3. The first-order valence-corrected chi connectivity index (χ1v) is 5.52. The third kappa shape index (κ3) is 2.91. The molecule has 1 aromatic rings. The maximum Gasteiger partial charge on any atom is 0.401 e. The van der Waals surface area contributed by atoms with E-state index in [-0.39, 0.29) is 0 Å². The highest BCUT2D eigenvalue weighted by atomic mass is 19.4. The van der Waals surface area contributed by atoms with Crippen LogP contribution >= 0.6 is 0 Å². The molecule has 1 aliphatic rings. The van der Waals surface area contributed by atoms with E-state index in [1.54, 1.807) is 0 Å². The van der Waals surface area contributed by atoms with Crippen LogP contribution in [0.25, 0.3) is 0 Å². The Bertz CT molecular complexity index is 426. The summed E-state index contributed by atoms with van der Waals surface area (Å²) in [5.41, 5.74) is 9.47. The first kappa shape index (κ1) is 12.2. The summed E-state index contributed by atoms with van der Waals surface area (Å²) in [6.07, 6.45) is -3.49. The van der Waals surface area contributed by atoms with Crippen LogP contribution in [0, 0.1) is 6.92 Å². The summed E-state index contributed by atoms with van der Waals surface area (Å²) in [5.74, 6) is 0. The molecule has 1 aliphatic heterocycles. The Labute approximate surface area is 98.2 Å². The van der Waals surface area contributed by atoms with Crippen molar-refractivity contribution < 1.29 is 13.2 Å². The molecule has 0 amide bonds. The minimum atomic E-state index is -4.12. The highest BCUT2D eigenvalue weighted by Crippen LogP contribution is 2.26. The summed E-state index contributed by atoms with van der Waals surface area (Å²) < 4.78 is 36.9. The Morgan fingerprint density at radius 3 is 2.65 bits per heavy atom. The average molecular weight is 244 g/mol. The third-order valence-corrected chi connectivity index (χ3v) is 3.08. The monoisotopic (exact) mass is 244 g/mol. The van der Waals surface area contributed by atoms with E-state index in [1.807, 2.05) is 19.1 Å². The van der Waals surface area contributed by atoms with Gasteiger partial charge in [0.25, 0.3) is 0 Å². The lowest BCUT2D eigenvalue weighted by Gasteiger charge is -2.29. The van der Waals surface area contributed by atoms with Crippen LogP contribution in [0.5, 0.6) is 0 Å². The molecular weight excluding hydrogens is 229 g/mol. The predicted molar refractivity (Wildman–Crippen MR) is 60.6 cm³/mol. The maximum absolute atomic E-state index is 12.3. The van der Waals surface area contributed by atoms with E-state index in [0.29, 0.717) is 25.2 Å². The SMILES string of the molecule is Cc1cc2c(cc1N)CCN(CC(F)(F)F)C2. The van der Waals surface area contributed by atoms with Gasteiger partial charge in [0.1, 0.15) is 0 Å². The quantitative estimate of drug-likeness (QED) is 0.769. The molecule has 1 aromatic carbocycles. The Morgan fingerprint density at radius 2 is 2.00 bits per heavy atom. The summed E-state index contributed by atoms with van der Waals surface area (Å²) in [6, 6.07) is 3.78. The van der Waals surface area contributed by atoms with E-state index in [1.165, 1.54) is 4.90 Å². The number of benzene rings is 1.